The molecule has 0 spiro atoms. The van der Waals surface area contributed by atoms with E-state index in [1.165, 1.54) is 0 Å². The number of aromatic nitrogens is 2. The number of nitrogens with zero attached hydrogens (tertiary/aromatic N) is 2. The topological polar surface area (TPSA) is 55.6 Å². The van der Waals surface area contributed by atoms with E-state index in [0.717, 1.165) is 32.7 Å². The maximum atomic E-state index is 12.9. The van der Waals surface area contributed by atoms with Gasteiger partial charge in [-0.15, -0.1) is 0 Å². The van der Waals surface area contributed by atoms with Crippen molar-refractivity contribution in [1.82, 2.24) is 14.7 Å². The van der Waals surface area contributed by atoms with Crippen molar-refractivity contribution in [2.24, 2.45) is 0 Å². The van der Waals surface area contributed by atoms with Gasteiger partial charge in [0, 0.05) is 18.3 Å². The number of halogens is 1. The van der Waals surface area contributed by atoms with Crippen LogP contribution in [0.2, 0.25) is 0 Å². The van der Waals surface area contributed by atoms with Crippen molar-refractivity contribution in [2.75, 3.05) is 7.11 Å². The predicted molar refractivity (Wildman–Crippen MR) is 101 cm³/mol. The normalized spacial score (nSPS) is 10.9. The minimum Gasteiger partial charge on any atom is -0.496 e. The van der Waals surface area contributed by atoms with Crippen LogP contribution in [0, 0.1) is 6.92 Å². The van der Waals surface area contributed by atoms with E-state index in [2.05, 4.69) is 26.2 Å². The average molecular weight is 402 g/mol. The number of imidazole rings is 1. The van der Waals surface area contributed by atoms with Crippen molar-refractivity contribution in [1.29, 1.82) is 0 Å². The molecule has 6 heteroatoms. The third kappa shape index (κ3) is 3.39. The molecule has 1 amide bonds. The molecule has 0 aliphatic carbocycles. The Bertz CT molecular complexity index is 934. The predicted octanol–water partition coefficient (Wildman–Crippen LogP) is 3.91. The van der Waals surface area contributed by atoms with Crippen LogP contribution in [0.25, 0.3) is 5.65 Å². The van der Waals surface area contributed by atoms with Gasteiger partial charge in [-0.2, -0.15) is 0 Å². The number of carbonyl (C=O) groups excluding carboxylic acids is 1. The van der Waals surface area contributed by atoms with Gasteiger partial charge in [0.2, 0.25) is 0 Å². The molecular weight excluding hydrogens is 382 g/mol. The fourth-order valence-electron chi connectivity index (χ4n) is 2.87. The summed E-state index contributed by atoms with van der Waals surface area (Å²) in [5, 5.41) is 2.99. The number of hydrogen-bond donors (Lipinski definition) is 1. The molecule has 0 aliphatic heterocycles. The SMILES string of the molecule is CCc1nc2c(Br)cc(C)cn2c1C(=O)NCc1ccccc1OC. The zero-order chi connectivity index (χ0) is 18.0. The quantitative estimate of drug-likeness (QED) is 0.704. The highest BCUT2D eigenvalue weighted by Gasteiger charge is 2.20. The molecule has 0 unspecified atom stereocenters. The summed E-state index contributed by atoms with van der Waals surface area (Å²) in [7, 11) is 1.63. The highest BCUT2D eigenvalue weighted by Crippen LogP contribution is 2.23. The minimum atomic E-state index is -0.146. The molecule has 2 aromatic heterocycles. The number of nitrogens with one attached hydrogen (secondary N) is 1. The number of fused-ring (bicyclic) bond motifs is 1. The molecule has 3 aromatic rings. The van der Waals surface area contributed by atoms with Crippen LogP contribution in [-0.2, 0) is 13.0 Å². The fraction of sp³-hybridized carbons (Fsp3) is 0.263. The van der Waals surface area contributed by atoms with E-state index in [4.69, 9.17) is 4.74 Å². The van der Waals surface area contributed by atoms with Gasteiger partial charge >= 0.3 is 0 Å². The lowest BCUT2D eigenvalue weighted by atomic mass is 10.2. The van der Waals surface area contributed by atoms with E-state index in [9.17, 15) is 4.79 Å². The van der Waals surface area contributed by atoms with Gasteiger partial charge < -0.3 is 10.1 Å². The monoisotopic (exact) mass is 401 g/mol. The molecule has 0 saturated heterocycles. The molecule has 0 bridgehead atoms. The summed E-state index contributed by atoms with van der Waals surface area (Å²) in [6.45, 7) is 4.39. The van der Waals surface area contributed by atoms with Crippen LogP contribution < -0.4 is 10.1 Å². The van der Waals surface area contributed by atoms with Crippen LogP contribution in [0.5, 0.6) is 5.75 Å². The molecule has 3 rings (SSSR count). The lowest BCUT2D eigenvalue weighted by Crippen LogP contribution is -2.25. The number of para-hydroxylation sites is 1. The number of aryl methyl sites for hydroxylation is 2. The van der Waals surface area contributed by atoms with E-state index < -0.39 is 0 Å². The largest absolute Gasteiger partial charge is 0.496 e. The van der Waals surface area contributed by atoms with Gasteiger partial charge in [-0.3, -0.25) is 9.20 Å². The van der Waals surface area contributed by atoms with Crippen LogP contribution in [0.15, 0.2) is 41.0 Å². The van der Waals surface area contributed by atoms with Crippen molar-refractivity contribution in [3.8, 4) is 5.75 Å². The number of pyridine rings is 1. The van der Waals surface area contributed by atoms with Crippen LogP contribution in [0.3, 0.4) is 0 Å². The highest BCUT2D eigenvalue weighted by molar-refractivity contribution is 9.10. The maximum Gasteiger partial charge on any atom is 0.270 e. The van der Waals surface area contributed by atoms with E-state index in [1.807, 2.05) is 54.8 Å². The van der Waals surface area contributed by atoms with Gasteiger partial charge in [-0.1, -0.05) is 25.1 Å². The van der Waals surface area contributed by atoms with E-state index in [1.54, 1.807) is 7.11 Å². The van der Waals surface area contributed by atoms with Crippen molar-refractivity contribution < 1.29 is 9.53 Å². The number of methoxy groups -OCH3 is 1. The summed E-state index contributed by atoms with van der Waals surface area (Å²) in [6.07, 6.45) is 2.62. The molecular formula is C19H20BrN3O2. The Labute approximate surface area is 155 Å². The number of ether oxygens (including phenoxy) is 1. The smallest absolute Gasteiger partial charge is 0.270 e. The molecule has 0 radical (unpaired) electrons. The molecule has 0 aliphatic rings. The number of amides is 1. The third-order valence-corrected chi connectivity index (χ3v) is 4.65. The Kier molecular flexibility index (Phi) is 5.08. The van der Waals surface area contributed by atoms with Gasteiger partial charge in [-0.05, 0) is 47.0 Å². The summed E-state index contributed by atoms with van der Waals surface area (Å²) >= 11 is 3.54. The number of rotatable bonds is 5. The Morgan fingerprint density at radius 3 is 2.84 bits per heavy atom. The Morgan fingerprint density at radius 1 is 1.36 bits per heavy atom. The lowest BCUT2D eigenvalue weighted by molar-refractivity contribution is 0.0944. The Morgan fingerprint density at radius 2 is 2.12 bits per heavy atom. The molecule has 5 nitrogen and oxygen atoms in total. The third-order valence-electron chi connectivity index (χ3n) is 4.07. The molecule has 130 valence electrons. The Hall–Kier alpha value is -2.34. The van der Waals surface area contributed by atoms with Crippen molar-refractivity contribution in [3.63, 3.8) is 0 Å². The molecule has 1 aromatic carbocycles. The van der Waals surface area contributed by atoms with Crippen LogP contribution >= 0.6 is 15.9 Å². The molecule has 25 heavy (non-hydrogen) atoms. The summed E-state index contributed by atoms with van der Waals surface area (Å²) < 4.78 is 8.08. The second-order valence-corrected chi connectivity index (χ2v) is 6.67. The van der Waals surface area contributed by atoms with Crippen molar-refractivity contribution in [2.45, 2.75) is 26.8 Å². The number of carbonyl (C=O) groups is 1. The average Bonchev–Trinajstić information content (AvgIpc) is 2.98. The van der Waals surface area contributed by atoms with Gasteiger partial charge in [0.15, 0.2) is 5.65 Å². The first-order valence-electron chi connectivity index (χ1n) is 8.12. The standard InChI is InChI=1S/C19H20BrN3O2/c1-4-15-17(23-11-12(2)9-14(20)18(23)22-15)19(24)21-10-13-7-5-6-8-16(13)25-3/h5-9,11H,4,10H2,1-3H3,(H,21,24). The first-order chi connectivity index (χ1) is 12.0. The van der Waals surface area contributed by atoms with E-state index >= 15 is 0 Å². The first-order valence-corrected chi connectivity index (χ1v) is 8.91. The van der Waals surface area contributed by atoms with Crippen LogP contribution in [0.4, 0.5) is 0 Å². The zero-order valence-corrected chi connectivity index (χ0v) is 16.1. The molecule has 0 saturated carbocycles. The van der Waals surface area contributed by atoms with Crippen LogP contribution in [-0.4, -0.2) is 22.4 Å². The highest BCUT2D eigenvalue weighted by atomic mass is 79.9. The summed E-state index contributed by atoms with van der Waals surface area (Å²) in [5.41, 5.74) is 4.10. The van der Waals surface area contributed by atoms with Crippen molar-refractivity contribution in [3.05, 3.63) is 63.5 Å². The molecule has 0 atom stereocenters. The second kappa shape index (κ2) is 7.27. The summed E-state index contributed by atoms with van der Waals surface area (Å²) in [4.78, 5) is 17.5. The maximum absolute atomic E-state index is 12.9. The van der Waals surface area contributed by atoms with Gasteiger partial charge in [0.25, 0.3) is 5.91 Å². The first kappa shape index (κ1) is 17.5. The second-order valence-electron chi connectivity index (χ2n) is 5.81. The summed E-state index contributed by atoms with van der Waals surface area (Å²) in [5.74, 6) is 0.614. The molecule has 2 heterocycles. The van der Waals surface area contributed by atoms with E-state index in [0.29, 0.717) is 18.7 Å². The molecule has 0 fully saturated rings. The van der Waals surface area contributed by atoms with Gasteiger partial charge in [0.1, 0.15) is 11.4 Å². The Balaban J connectivity index is 1.94. The molecule has 1 N–H and O–H groups in total. The zero-order valence-electron chi connectivity index (χ0n) is 14.5. The number of benzene rings is 1. The van der Waals surface area contributed by atoms with Crippen LogP contribution in [0.1, 0.15) is 34.2 Å². The van der Waals surface area contributed by atoms with Gasteiger partial charge in [0.05, 0.1) is 17.3 Å². The van der Waals surface area contributed by atoms with E-state index in [-0.39, 0.29) is 5.91 Å². The minimum absolute atomic E-state index is 0.146. The fourth-order valence-corrected chi connectivity index (χ4v) is 3.52. The summed E-state index contributed by atoms with van der Waals surface area (Å²) in [6, 6.07) is 9.65. The lowest BCUT2D eigenvalue weighted by Gasteiger charge is -2.10. The van der Waals surface area contributed by atoms with Gasteiger partial charge in [-0.25, -0.2) is 4.98 Å². The van der Waals surface area contributed by atoms with Crippen molar-refractivity contribution >= 4 is 27.5 Å². The number of hydrogen-bond acceptors (Lipinski definition) is 3.